The summed E-state index contributed by atoms with van der Waals surface area (Å²) >= 11 is 1.70. The number of hydrogen-bond donors (Lipinski definition) is 1. The summed E-state index contributed by atoms with van der Waals surface area (Å²) in [6, 6.07) is 18.0. The maximum atomic E-state index is 10.9. The Morgan fingerprint density at radius 3 is 2.12 bits per heavy atom. The first-order chi connectivity index (χ1) is 8.24. The first-order valence-electron chi connectivity index (χ1n) is 5.34. The zero-order valence-corrected chi connectivity index (χ0v) is 10.3. The Hall–Kier alpha value is -1.74. The number of carbonyl (C=O) groups is 1. The number of hydrogen-bond acceptors (Lipinski definition) is 2. The minimum atomic E-state index is -0.0477. The normalized spacial score (nSPS) is 9.94. The molecule has 2 nitrogen and oxygen atoms in total. The minimum absolute atomic E-state index is 0.0477. The summed E-state index contributed by atoms with van der Waals surface area (Å²) in [7, 11) is 0. The molecule has 0 bridgehead atoms. The number of anilines is 1. The first-order valence-corrected chi connectivity index (χ1v) is 6.16. The van der Waals surface area contributed by atoms with Crippen molar-refractivity contribution in [3.8, 4) is 0 Å². The molecule has 0 saturated carbocycles. The first kappa shape index (κ1) is 11.7. The molecule has 0 aliphatic rings. The van der Waals surface area contributed by atoms with Crippen molar-refractivity contribution in [2.75, 3.05) is 5.32 Å². The maximum absolute atomic E-state index is 10.9. The molecule has 2 rings (SSSR count). The van der Waals surface area contributed by atoms with Crippen molar-refractivity contribution in [3.05, 3.63) is 54.6 Å². The van der Waals surface area contributed by atoms with E-state index in [0.717, 1.165) is 10.6 Å². The highest BCUT2D eigenvalue weighted by molar-refractivity contribution is 7.99. The van der Waals surface area contributed by atoms with Crippen molar-refractivity contribution in [1.82, 2.24) is 0 Å². The lowest BCUT2D eigenvalue weighted by Crippen LogP contribution is -2.05. The summed E-state index contributed by atoms with van der Waals surface area (Å²) in [5, 5.41) is 2.75. The van der Waals surface area contributed by atoms with Crippen LogP contribution in [0.3, 0.4) is 0 Å². The number of amides is 1. The van der Waals surface area contributed by atoms with Crippen LogP contribution < -0.4 is 5.32 Å². The van der Waals surface area contributed by atoms with Gasteiger partial charge in [-0.15, -0.1) is 0 Å². The van der Waals surface area contributed by atoms with E-state index in [2.05, 4.69) is 17.4 Å². The highest BCUT2D eigenvalue weighted by atomic mass is 32.2. The van der Waals surface area contributed by atoms with Crippen LogP contribution in [0.15, 0.2) is 64.4 Å². The fourth-order valence-corrected chi connectivity index (χ4v) is 2.27. The summed E-state index contributed by atoms with van der Waals surface area (Å²) < 4.78 is 0. The molecule has 0 heterocycles. The molecule has 0 spiro atoms. The van der Waals surface area contributed by atoms with Crippen LogP contribution in [0.1, 0.15) is 6.92 Å². The molecule has 17 heavy (non-hydrogen) atoms. The van der Waals surface area contributed by atoms with Gasteiger partial charge in [0.1, 0.15) is 0 Å². The van der Waals surface area contributed by atoms with E-state index in [4.69, 9.17) is 0 Å². The lowest BCUT2D eigenvalue weighted by molar-refractivity contribution is -0.114. The van der Waals surface area contributed by atoms with Crippen molar-refractivity contribution in [3.63, 3.8) is 0 Å². The van der Waals surface area contributed by atoms with Crippen LogP contribution in [-0.2, 0) is 4.79 Å². The maximum Gasteiger partial charge on any atom is 0.221 e. The smallest absolute Gasteiger partial charge is 0.221 e. The van der Waals surface area contributed by atoms with E-state index in [1.54, 1.807) is 11.8 Å². The van der Waals surface area contributed by atoms with Gasteiger partial charge in [0.15, 0.2) is 0 Å². The van der Waals surface area contributed by atoms with Gasteiger partial charge >= 0.3 is 0 Å². The second kappa shape index (κ2) is 5.55. The Kier molecular flexibility index (Phi) is 3.83. The van der Waals surface area contributed by atoms with Crippen LogP contribution in [0.5, 0.6) is 0 Å². The summed E-state index contributed by atoms with van der Waals surface area (Å²) in [5.41, 5.74) is 0.829. The van der Waals surface area contributed by atoms with Crippen molar-refractivity contribution < 1.29 is 4.79 Å². The second-order valence-electron chi connectivity index (χ2n) is 3.62. The van der Waals surface area contributed by atoms with E-state index in [1.807, 2.05) is 42.5 Å². The number of benzene rings is 2. The van der Waals surface area contributed by atoms with Crippen LogP contribution in [0.4, 0.5) is 5.69 Å². The molecule has 0 fully saturated rings. The third-order valence-electron chi connectivity index (χ3n) is 2.15. The van der Waals surface area contributed by atoms with Crippen LogP contribution >= 0.6 is 11.8 Å². The van der Waals surface area contributed by atoms with Crippen LogP contribution in [-0.4, -0.2) is 5.91 Å². The molecule has 0 unspecified atom stereocenters. The molecule has 0 aromatic heterocycles. The van der Waals surface area contributed by atoms with E-state index in [-0.39, 0.29) is 5.91 Å². The van der Waals surface area contributed by atoms with Gasteiger partial charge in [0.25, 0.3) is 0 Å². The summed E-state index contributed by atoms with van der Waals surface area (Å²) in [5.74, 6) is -0.0477. The average Bonchev–Trinajstić information content (AvgIpc) is 2.32. The molecule has 2 aromatic carbocycles. The van der Waals surface area contributed by atoms with Crippen molar-refractivity contribution in [1.29, 1.82) is 0 Å². The number of nitrogens with one attached hydrogen (secondary N) is 1. The van der Waals surface area contributed by atoms with E-state index < -0.39 is 0 Å². The van der Waals surface area contributed by atoms with Crippen LogP contribution in [0.2, 0.25) is 0 Å². The predicted molar refractivity (Wildman–Crippen MR) is 71.3 cm³/mol. The lowest BCUT2D eigenvalue weighted by Gasteiger charge is -2.04. The zero-order chi connectivity index (χ0) is 12.1. The molecule has 1 amide bonds. The molecular formula is C14H13NOS. The third-order valence-corrected chi connectivity index (χ3v) is 3.17. The van der Waals surface area contributed by atoms with Crippen molar-refractivity contribution in [2.45, 2.75) is 16.7 Å². The summed E-state index contributed by atoms with van der Waals surface area (Å²) in [4.78, 5) is 13.2. The number of rotatable bonds is 3. The molecule has 3 heteroatoms. The largest absolute Gasteiger partial charge is 0.326 e. The van der Waals surface area contributed by atoms with Crippen molar-refractivity contribution >= 4 is 23.4 Å². The fourth-order valence-electron chi connectivity index (χ4n) is 1.43. The predicted octanol–water partition coefficient (Wildman–Crippen LogP) is 3.80. The molecule has 0 atom stereocenters. The Morgan fingerprint density at radius 1 is 0.941 bits per heavy atom. The van der Waals surface area contributed by atoms with Crippen LogP contribution in [0, 0.1) is 0 Å². The molecule has 0 aliphatic heterocycles. The van der Waals surface area contributed by atoms with Gasteiger partial charge < -0.3 is 5.32 Å². The number of carbonyl (C=O) groups excluding carboxylic acids is 1. The highest BCUT2D eigenvalue weighted by Gasteiger charge is 1.98. The van der Waals surface area contributed by atoms with E-state index in [9.17, 15) is 4.79 Å². The minimum Gasteiger partial charge on any atom is -0.326 e. The van der Waals surface area contributed by atoms with Gasteiger partial charge in [-0.3, -0.25) is 4.79 Å². The SMILES string of the molecule is CC(=O)Nc1ccc(Sc2ccccc2)cc1. The molecule has 86 valence electrons. The second-order valence-corrected chi connectivity index (χ2v) is 4.77. The Bertz CT molecular complexity index is 493. The average molecular weight is 243 g/mol. The quantitative estimate of drug-likeness (QED) is 0.888. The molecule has 0 aliphatic carbocycles. The third kappa shape index (κ3) is 3.64. The van der Waals surface area contributed by atoms with Gasteiger partial charge in [0.05, 0.1) is 0 Å². The lowest BCUT2D eigenvalue weighted by atomic mass is 10.3. The van der Waals surface area contributed by atoms with Gasteiger partial charge in [0.2, 0.25) is 5.91 Å². The van der Waals surface area contributed by atoms with Gasteiger partial charge in [-0.05, 0) is 36.4 Å². The van der Waals surface area contributed by atoms with E-state index in [0.29, 0.717) is 0 Å². The van der Waals surface area contributed by atoms with Gasteiger partial charge in [0, 0.05) is 22.4 Å². The molecular weight excluding hydrogens is 230 g/mol. The summed E-state index contributed by atoms with van der Waals surface area (Å²) in [6.07, 6.45) is 0. The van der Waals surface area contributed by atoms with Gasteiger partial charge in [-0.1, -0.05) is 30.0 Å². The van der Waals surface area contributed by atoms with Gasteiger partial charge in [-0.25, -0.2) is 0 Å². The van der Waals surface area contributed by atoms with Crippen LogP contribution in [0.25, 0.3) is 0 Å². The Labute approximate surface area is 105 Å². The molecule has 2 aromatic rings. The molecule has 1 N–H and O–H groups in total. The van der Waals surface area contributed by atoms with E-state index in [1.165, 1.54) is 11.8 Å². The monoisotopic (exact) mass is 243 g/mol. The zero-order valence-electron chi connectivity index (χ0n) is 9.51. The highest BCUT2D eigenvalue weighted by Crippen LogP contribution is 2.28. The fraction of sp³-hybridized carbons (Fsp3) is 0.0714. The summed E-state index contributed by atoms with van der Waals surface area (Å²) in [6.45, 7) is 1.51. The van der Waals surface area contributed by atoms with E-state index >= 15 is 0 Å². The van der Waals surface area contributed by atoms with Gasteiger partial charge in [-0.2, -0.15) is 0 Å². The van der Waals surface area contributed by atoms with Crippen molar-refractivity contribution in [2.24, 2.45) is 0 Å². The molecule has 0 radical (unpaired) electrons. The topological polar surface area (TPSA) is 29.1 Å². The Morgan fingerprint density at radius 2 is 1.53 bits per heavy atom. The molecule has 0 saturated heterocycles. The Balaban J connectivity index is 2.06. The standard InChI is InChI=1S/C14H13NOS/c1-11(16)15-12-7-9-14(10-8-12)17-13-5-3-2-4-6-13/h2-10H,1H3,(H,15,16).